The van der Waals surface area contributed by atoms with Gasteiger partial charge in [0.1, 0.15) is 11.2 Å². The van der Waals surface area contributed by atoms with Crippen LogP contribution in [0.4, 0.5) is 0 Å². The van der Waals surface area contributed by atoms with Gasteiger partial charge in [-0.2, -0.15) is 0 Å². The molecule has 0 spiro atoms. The second kappa shape index (κ2) is 6.73. The Hall–Kier alpha value is -2.24. The van der Waals surface area contributed by atoms with E-state index in [1.165, 1.54) is 6.42 Å². The molecule has 2 aliphatic rings. The molecular weight excluding hydrogens is 342 g/mol. The number of amides is 2. The monoisotopic (exact) mass is 371 g/mol. The first-order valence-electron chi connectivity index (χ1n) is 10.2. The predicted octanol–water partition coefficient (Wildman–Crippen LogP) is 3.70. The standard InChI is InChI=1S/C21H29N3O3/c1-4-14(2)24-19(25)17-12-18-16(10-11-27-18)23(17)13-21(24,3)20(26)22-15-8-6-5-7-9-15/h10-12,14-15H,4-9,13H2,1-3H3,(H,22,26). The lowest BCUT2D eigenvalue weighted by atomic mass is 9.90. The Morgan fingerprint density at radius 3 is 2.81 bits per heavy atom. The number of hydrogen-bond acceptors (Lipinski definition) is 3. The van der Waals surface area contributed by atoms with Crippen LogP contribution in [0, 0.1) is 0 Å². The fourth-order valence-electron chi connectivity index (χ4n) is 4.69. The van der Waals surface area contributed by atoms with E-state index >= 15 is 0 Å². The second-order valence-corrected chi connectivity index (χ2v) is 8.30. The first-order chi connectivity index (χ1) is 13.0. The number of furan rings is 1. The molecule has 0 aromatic carbocycles. The van der Waals surface area contributed by atoms with Gasteiger partial charge in [0, 0.05) is 24.2 Å². The molecule has 2 aromatic heterocycles. The minimum atomic E-state index is -0.916. The van der Waals surface area contributed by atoms with E-state index in [0.29, 0.717) is 17.8 Å². The van der Waals surface area contributed by atoms with Crippen LogP contribution in [-0.4, -0.2) is 38.9 Å². The van der Waals surface area contributed by atoms with Crippen LogP contribution in [-0.2, 0) is 11.3 Å². The molecule has 1 saturated carbocycles. The molecule has 3 heterocycles. The van der Waals surface area contributed by atoms with Gasteiger partial charge in [-0.3, -0.25) is 9.59 Å². The lowest BCUT2D eigenvalue weighted by molar-refractivity contribution is -0.135. The van der Waals surface area contributed by atoms with Gasteiger partial charge in [0.2, 0.25) is 5.91 Å². The third kappa shape index (κ3) is 2.86. The van der Waals surface area contributed by atoms with Crippen LogP contribution in [0.3, 0.4) is 0 Å². The number of carbonyl (C=O) groups is 2. The smallest absolute Gasteiger partial charge is 0.271 e. The molecule has 1 fully saturated rings. The highest BCUT2D eigenvalue weighted by atomic mass is 16.3. The molecular formula is C21H29N3O3. The van der Waals surface area contributed by atoms with Crippen molar-refractivity contribution in [3.63, 3.8) is 0 Å². The summed E-state index contributed by atoms with van der Waals surface area (Å²) in [6.45, 7) is 6.42. The highest BCUT2D eigenvalue weighted by Crippen LogP contribution is 2.35. The van der Waals surface area contributed by atoms with Gasteiger partial charge in [-0.1, -0.05) is 26.2 Å². The summed E-state index contributed by atoms with van der Waals surface area (Å²) in [7, 11) is 0. The summed E-state index contributed by atoms with van der Waals surface area (Å²) < 4.78 is 7.44. The summed E-state index contributed by atoms with van der Waals surface area (Å²) in [6.07, 6.45) is 8.05. The molecule has 27 heavy (non-hydrogen) atoms. The van der Waals surface area contributed by atoms with Crippen LogP contribution in [0.5, 0.6) is 0 Å². The fraction of sp³-hybridized carbons (Fsp3) is 0.619. The Labute approximate surface area is 159 Å². The molecule has 6 heteroatoms. The summed E-state index contributed by atoms with van der Waals surface area (Å²) in [6, 6.07) is 3.86. The number of nitrogens with zero attached hydrogens (tertiary/aromatic N) is 2. The first-order valence-corrected chi connectivity index (χ1v) is 10.2. The van der Waals surface area contributed by atoms with Crippen LogP contribution in [0.2, 0.25) is 0 Å². The molecule has 1 aliphatic heterocycles. The molecule has 146 valence electrons. The van der Waals surface area contributed by atoms with Crippen LogP contribution >= 0.6 is 0 Å². The van der Waals surface area contributed by atoms with E-state index in [-0.39, 0.29) is 23.9 Å². The van der Waals surface area contributed by atoms with Crippen molar-refractivity contribution in [2.45, 2.75) is 83.5 Å². The number of rotatable bonds is 4. The van der Waals surface area contributed by atoms with Crippen LogP contribution in [0.15, 0.2) is 22.8 Å². The van der Waals surface area contributed by atoms with Gasteiger partial charge in [0.05, 0.1) is 18.3 Å². The van der Waals surface area contributed by atoms with E-state index in [1.807, 2.05) is 24.5 Å². The highest BCUT2D eigenvalue weighted by Gasteiger charge is 2.49. The third-order valence-corrected chi connectivity index (χ3v) is 6.42. The number of hydrogen-bond donors (Lipinski definition) is 1. The predicted molar refractivity (Wildman–Crippen MR) is 104 cm³/mol. The Morgan fingerprint density at radius 1 is 1.37 bits per heavy atom. The zero-order chi connectivity index (χ0) is 19.2. The summed E-state index contributed by atoms with van der Waals surface area (Å²) in [5.41, 5.74) is 1.26. The van der Waals surface area contributed by atoms with E-state index in [9.17, 15) is 9.59 Å². The van der Waals surface area contributed by atoms with Crippen molar-refractivity contribution < 1.29 is 14.0 Å². The lowest BCUT2D eigenvalue weighted by Gasteiger charge is -2.47. The maximum absolute atomic E-state index is 13.4. The zero-order valence-corrected chi connectivity index (χ0v) is 16.5. The largest absolute Gasteiger partial charge is 0.463 e. The highest BCUT2D eigenvalue weighted by molar-refractivity contribution is 6.03. The SMILES string of the molecule is CCC(C)N1C(=O)c2cc3occc3n2CC1(C)C(=O)NC1CCCCC1. The number of carbonyl (C=O) groups excluding carboxylic acids is 2. The minimum absolute atomic E-state index is 0.0189. The van der Waals surface area contributed by atoms with E-state index in [1.54, 1.807) is 17.2 Å². The first kappa shape index (κ1) is 18.1. The van der Waals surface area contributed by atoms with Crippen molar-refractivity contribution in [2.24, 2.45) is 0 Å². The van der Waals surface area contributed by atoms with Gasteiger partial charge in [-0.25, -0.2) is 0 Å². The molecule has 2 unspecified atom stereocenters. The van der Waals surface area contributed by atoms with Crippen molar-refractivity contribution in [3.8, 4) is 0 Å². The quantitative estimate of drug-likeness (QED) is 0.891. The number of aromatic nitrogens is 1. The Morgan fingerprint density at radius 2 is 2.11 bits per heavy atom. The second-order valence-electron chi connectivity index (χ2n) is 8.30. The molecule has 0 saturated heterocycles. The van der Waals surface area contributed by atoms with Crippen LogP contribution in [0.1, 0.15) is 69.8 Å². The van der Waals surface area contributed by atoms with Crippen molar-refractivity contribution in [1.82, 2.24) is 14.8 Å². The fourth-order valence-corrected chi connectivity index (χ4v) is 4.69. The number of fused-ring (bicyclic) bond motifs is 3. The maximum Gasteiger partial charge on any atom is 0.271 e. The zero-order valence-electron chi connectivity index (χ0n) is 16.5. The Bertz CT molecular complexity index is 861. The van der Waals surface area contributed by atoms with Crippen LogP contribution < -0.4 is 5.32 Å². The summed E-state index contributed by atoms with van der Waals surface area (Å²) in [5, 5.41) is 3.25. The topological polar surface area (TPSA) is 67.5 Å². The summed E-state index contributed by atoms with van der Waals surface area (Å²) in [4.78, 5) is 28.6. The average Bonchev–Trinajstić information content (AvgIpc) is 3.24. The van der Waals surface area contributed by atoms with Gasteiger partial charge < -0.3 is 19.2 Å². The third-order valence-electron chi connectivity index (χ3n) is 6.42. The molecule has 2 aromatic rings. The van der Waals surface area contributed by atoms with E-state index < -0.39 is 5.54 Å². The van der Waals surface area contributed by atoms with E-state index in [0.717, 1.165) is 37.6 Å². The molecule has 0 radical (unpaired) electrons. The maximum atomic E-state index is 13.4. The molecule has 0 bridgehead atoms. The van der Waals surface area contributed by atoms with Gasteiger partial charge >= 0.3 is 0 Å². The normalized spacial score (nSPS) is 24.9. The average molecular weight is 371 g/mol. The molecule has 1 N–H and O–H groups in total. The van der Waals surface area contributed by atoms with Gasteiger partial charge in [0.15, 0.2) is 5.58 Å². The summed E-state index contributed by atoms with van der Waals surface area (Å²) >= 11 is 0. The van der Waals surface area contributed by atoms with Gasteiger partial charge in [-0.15, -0.1) is 0 Å². The molecule has 2 amide bonds. The molecule has 1 aliphatic carbocycles. The van der Waals surface area contributed by atoms with Crippen molar-refractivity contribution in [1.29, 1.82) is 0 Å². The van der Waals surface area contributed by atoms with E-state index in [4.69, 9.17) is 4.42 Å². The van der Waals surface area contributed by atoms with Crippen LogP contribution in [0.25, 0.3) is 11.1 Å². The van der Waals surface area contributed by atoms with Gasteiger partial charge in [0.25, 0.3) is 5.91 Å². The van der Waals surface area contributed by atoms with Crippen molar-refractivity contribution in [2.75, 3.05) is 0 Å². The van der Waals surface area contributed by atoms with Crippen molar-refractivity contribution >= 4 is 22.9 Å². The number of nitrogens with one attached hydrogen (secondary N) is 1. The molecule has 2 atom stereocenters. The van der Waals surface area contributed by atoms with Gasteiger partial charge in [-0.05, 0) is 33.1 Å². The van der Waals surface area contributed by atoms with Crippen molar-refractivity contribution in [3.05, 3.63) is 24.1 Å². The van der Waals surface area contributed by atoms with E-state index in [2.05, 4.69) is 12.2 Å². The molecule has 6 nitrogen and oxygen atoms in total. The minimum Gasteiger partial charge on any atom is -0.463 e. The Kier molecular flexibility index (Phi) is 4.52. The Balaban J connectivity index is 1.72. The lowest BCUT2D eigenvalue weighted by Crippen LogP contribution is -2.67. The summed E-state index contributed by atoms with van der Waals surface area (Å²) in [5.74, 6) is -0.137. The molecule has 4 rings (SSSR count).